The molecule has 1 N–H and O–H groups in total. The highest BCUT2D eigenvalue weighted by atomic mass is 16.2. The number of fused-ring (bicyclic) bond motifs is 2. The Balaban J connectivity index is 1.25. The number of amides is 2. The lowest BCUT2D eigenvalue weighted by molar-refractivity contribution is -0.132. The second-order valence-corrected chi connectivity index (χ2v) is 7.53. The molecule has 2 amide bonds. The molecular formula is C23H22N4O2. The van der Waals surface area contributed by atoms with Crippen LogP contribution in [0.5, 0.6) is 0 Å². The number of nitrogens with zero attached hydrogens (tertiary/aromatic N) is 3. The first kappa shape index (κ1) is 17.7. The number of rotatable bonds is 3. The first-order valence-corrected chi connectivity index (χ1v) is 9.97. The first-order chi connectivity index (χ1) is 14.2. The largest absolute Gasteiger partial charge is 0.367 e. The predicted molar refractivity (Wildman–Crippen MR) is 112 cm³/mol. The number of anilines is 1. The first-order valence-electron chi connectivity index (χ1n) is 9.97. The van der Waals surface area contributed by atoms with E-state index >= 15 is 0 Å². The van der Waals surface area contributed by atoms with Gasteiger partial charge in [0.15, 0.2) is 0 Å². The molecule has 3 heterocycles. The zero-order chi connectivity index (χ0) is 19.8. The Morgan fingerprint density at radius 3 is 2.62 bits per heavy atom. The Bertz CT molecular complexity index is 1080. The Hall–Kier alpha value is -3.41. The molecule has 1 aromatic heterocycles. The molecule has 5 rings (SSSR count). The van der Waals surface area contributed by atoms with Crippen molar-refractivity contribution >= 4 is 28.4 Å². The fourth-order valence-electron chi connectivity index (χ4n) is 4.34. The van der Waals surface area contributed by atoms with E-state index in [2.05, 4.69) is 21.3 Å². The van der Waals surface area contributed by atoms with Crippen LogP contribution in [0.2, 0.25) is 0 Å². The standard InChI is InChI=1S/C23H22N4O2/c28-22(15-20-16-5-1-2-6-17(16)23(29)25-20)27-13-11-26(12-14-27)21-9-10-24-19-8-4-3-7-18(19)21/h1-10,20H,11-15H2,(H,25,29). The normalized spacial score (nSPS) is 18.6. The molecule has 2 aliphatic heterocycles. The van der Waals surface area contributed by atoms with Crippen molar-refractivity contribution in [1.29, 1.82) is 0 Å². The highest BCUT2D eigenvalue weighted by molar-refractivity contribution is 5.99. The zero-order valence-electron chi connectivity index (χ0n) is 16.0. The number of hydrogen-bond acceptors (Lipinski definition) is 4. The second kappa shape index (κ2) is 7.20. The van der Waals surface area contributed by atoms with Gasteiger partial charge in [-0.3, -0.25) is 14.6 Å². The van der Waals surface area contributed by atoms with E-state index in [1.165, 1.54) is 5.69 Å². The lowest BCUT2D eigenvalue weighted by atomic mass is 10.0. The number of benzene rings is 2. The summed E-state index contributed by atoms with van der Waals surface area (Å²) >= 11 is 0. The molecule has 0 bridgehead atoms. The Morgan fingerprint density at radius 2 is 1.76 bits per heavy atom. The molecule has 1 fully saturated rings. The van der Waals surface area contributed by atoms with Crippen molar-refractivity contribution in [2.24, 2.45) is 0 Å². The van der Waals surface area contributed by atoms with E-state index in [4.69, 9.17) is 0 Å². The fourth-order valence-corrected chi connectivity index (χ4v) is 4.34. The van der Waals surface area contributed by atoms with E-state index in [1.54, 1.807) is 0 Å². The molecule has 146 valence electrons. The second-order valence-electron chi connectivity index (χ2n) is 7.53. The fraction of sp³-hybridized carbons (Fsp3) is 0.261. The van der Waals surface area contributed by atoms with Gasteiger partial charge in [0, 0.05) is 49.0 Å². The summed E-state index contributed by atoms with van der Waals surface area (Å²) in [5.41, 5.74) is 3.76. The molecule has 2 aromatic carbocycles. The van der Waals surface area contributed by atoms with Gasteiger partial charge < -0.3 is 15.1 Å². The highest BCUT2D eigenvalue weighted by Gasteiger charge is 2.31. The average Bonchev–Trinajstić information content (AvgIpc) is 3.09. The lowest BCUT2D eigenvalue weighted by Crippen LogP contribution is -2.49. The molecule has 29 heavy (non-hydrogen) atoms. The minimum absolute atomic E-state index is 0.0891. The van der Waals surface area contributed by atoms with Crippen LogP contribution >= 0.6 is 0 Å². The summed E-state index contributed by atoms with van der Waals surface area (Å²) < 4.78 is 0. The number of para-hydroxylation sites is 1. The van der Waals surface area contributed by atoms with Gasteiger partial charge >= 0.3 is 0 Å². The molecule has 0 radical (unpaired) electrons. The van der Waals surface area contributed by atoms with Crippen molar-refractivity contribution < 1.29 is 9.59 Å². The maximum absolute atomic E-state index is 12.9. The van der Waals surface area contributed by atoms with Crippen molar-refractivity contribution in [2.75, 3.05) is 31.1 Å². The number of pyridine rings is 1. The van der Waals surface area contributed by atoms with Crippen LogP contribution in [0.25, 0.3) is 10.9 Å². The molecule has 1 unspecified atom stereocenters. The molecule has 6 nitrogen and oxygen atoms in total. The van der Waals surface area contributed by atoms with Crippen LogP contribution in [0.4, 0.5) is 5.69 Å². The third kappa shape index (κ3) is 3.20. The minimum atomic E-state index is -0.228. The van der Waals surface area contributed by atoms with Crippen LogP contribution in [0.15, 0.2) is 60.8 Å². The van der Waals surface area contributed by atoms with E-state index in [9.17, 15) is 9.59 Å². The average molecular weight is 386 g/mol. The summed E-state index contributed by atoms with van der Waals surface area (Å²) in [4.78, 5) is 33.6. The monoisotopic (exact) mass is 386 g/mol. The Morgan fingerprint density at radius 1 is 1.00 bits per heavy atom. The highest BCUT2D eigenvalue weighted by Crippen LogP contribution is 2.29. The van der Waals surface area contributed by atoms with E-state index < -0.39 is 0 Å². The number of hydrogen-bond donors (Lipinski definition) is 1. The summed E-state index contributed by atoms with van der Waals surface area (Å²) in [5, 5.41) is 4.08. The number of carbonyl (C=O) groups excluding carboxylic acids is 2. The van der Waals surface area contributed by atoms with Gasteiger partial charge in [0.1, 0.15) is 0 Å². The minimum Gasteiger partial charge on any atom is -0.367 e. The van der Waals surface area contributed by atoms with E-state index in [0.717, 1.165) is 29.6 Å². The molecule has 6 heteroatoms. The summed E-state index contributed by atoms with van der Waals surface area (Å²) in [6.07, 6.45) is 2.15. The van der Waals surface area contributed by atoms with Crippen LogP contribution in [-0.2, 0) is 4.79 Å². The van der Waals surface area contributed by atoms with Crippen LogP contribution in [0.3, 0.4) is 0 Å². The molecule has 0 spiro atoms. The van der Waals surface area contributed by atoms with Gasteiger partial charge in [-0.05, 0) is 23.8 Å². The summed E-state index contributed by atoms with van der Waals surface area (Å²) in [6, 6.07) is 17.5. The van der Waals surface area contributed by atoms with Crippen molar-refractivity contribution in [2.45, 2.75) is 12.5 Å². The summed E-state index contributed by atoms with van der Waals surface area (Å²) in [7, 11) is 0. The third-order valence-electron chi connectivity index (χ3n) is 5.86. The van der Waals surface area contributed by atoms with Crippen LogP contribution in [0.1, 0.15) is 28.4 Å². The van der Waals surface area contributed by atoms with Gasteiger partial charge in [-0.2, -0.15) is 0 Å². The predicted octanol–water partition coefficient (Wildman–Crippen LogP) is 2.76. The number of nitrogens with one attached hydrogen (secondary N) is 1. The number of carbonyl (C=O) groups is 2. The van der Waals surface area contributed by atoms with Gasteiger partial charge in [0.2, 0.25) is 5.91 Å². The van der Waals surface area contributed by atoms with Crippen molar-refractivity contribution in [1.82, 2.24) is 15.2 Å². The maximum atomic E-state index is 12.9. The van der Waals surface area contributed by atoms with Crippen molar-refractivity contribution in [3.05, 3.63) is 71.9 Å². The van der Waals surface area contributed by atoms with Gasteiger partial charge in [-0.15, -0.1) is 0 Å². The molecular weight excluding hydrogens is 364 g/mol. The molecule has 0 aliphatic carbocycles. The molecule has 3 aromatic rings. The van der Waals surface area contributed by atoms with Crippen molar-refractivity contribution in [3.63, 3.8) is 0 Å². The molecule has 1 atom stereocenters. The van der Waals surface area contributed by atoms with E-state index in [1.807, 2.05) is 59.6 Å². The van der Waals surface area contributed by atoms with Gasteiger partial charge in [-0.1, -0.05) is 36.4 Å². The number of aromatic nitrogens is 1. The smallest absolute Gasteiger partial charge is 0.252 e. The van der Waals surface area contributed by atoms with Crippen LogP contribution < -0.4 is 10.2 Å². The molecule has 1 saturated heterocycles. The zero-order valence-corrected chi connectivity index (χ0v) is 16.0. The number of piperazine rings is 1. The van der Waals surface area contributed by atoms with E-state index in [0.29, 0.717) is 25.1 Å². The SMILES string of the molecule is O=C1NC(CC(=O)N2CCN(c3ccnc4ccccc34)CC2)c2ccccc21. The summed E-state index contributed by atoms with van der Waals surface area (Å²) in [5.74, 6) is -0.000904. The van der Waals surface area contributed by atoms with Crippen LogP contribution in [0, 0.1) is 0 Å². The van der Waals surface area contributed by atoms with Crippen molar-refractivity contribution in [3.8, 4) is 0 Å². The topological polar surface area (TPSA) is 65.5 Å². The van der Waals surface area contributed by atoms with E-state index in [-0.39, 0.29) is 17.9 Å². The quantitative estimate of drug-likeness (QED) is 0.752. The molecule has 0 saturated carbocycles. The van der Waals surface area contributed by atoms with Gasteiger partial charge in [0.25, 0.3) is 5.91 Å². The lowest BCUT2D eigenvalue weighted by Gasteiger charge is -2.37. The molecule has 2 aliphatic rings. The summed E-state index contributed by atoms with van der Waals surface area (Å²) in [6.45, 7) is 2.93. The van der Waals surface area contributed by atoms with Gasteiger partial charge in [0.05, 0.1) is 18.0 Å². The maximum Gasteiger partial charge on any atom is 0.252 e. The third-order valence-corrected chi connectivity index (χ3v) is 5.86. The van der Waals surface area contributed by atoms with Gasteiger partial charge in [-0.25, -0.2) is 0 Å². The Kier molecular flexibility index (Phi) is 4.39. The van der Waals surface area contributed by atoms with Crippen LogP contribution in [-0.4, -0.2) is 47.9 Å². The Labute approximate surface area is 169 Å².